The van der Waals surface area contributed by atoms with E-state index in [-0.39, 0.29) is 10.6 Å². The molecule has 2 N–H and O–H groups in total. The van der Waals surface area contributed by atoms with Gasteiger partial charge in [0.2, 0.25) is 0 Å². The average Bonchev–Trinajstić information content (AvgIpc) is 2.53. The lowest BCUT2D eigenvalue weighted by Crippen LogP contribution is -2.20. The van der Waals surface area contributed by atoms with Gasteiger partial charge >= 0.3 is 0 Å². The summed E-state index contributed by atoms with van der Waals surface area (Å²) in [5.74, 6) is 0.494. The molecule has 0 radical (unpaired) electrons. The molecular weight excluding hydrogens is 226 g/mol. The van der Waals surface area contributed by atoms with Gasteiger partial charge in [-0.15, -0.1) is 0 Å². The summed E-state index contributed by atoms with van der Waals surface area (Å²) < 4.78 is 0. The van der Waals surface area contributed by atoms with Crippen LogP contribution in [0.1, 0.15) is 33.1 Å². The topological polar surface area (TPSA) is 57.8 Å². The zero-order valence-corrected chi connectivity index (χ0v) is 10.3. The summed E-state index contributed by atoms with van der Waals surface area (Å²) in [7, 11) is 0. The van der Waals surface area contributed by atoms with Crippen molar-refractivity contribution >= 4 is 17.4 Å². The number of anilines is 1. The van der Waals surface area contributed by atoms with E-state index in [1.165, 1.54) is 12.7 Å². The Kier molecular flexibility index (Phi) is 2.93. The van der Waals surface area contributed by atoms with Gasteiger partial charge in [-0.25, -0.2) is 4.98 Å². The minimum atomic E-state index is -0.295. The monoisotopic (exact) mass is 241 g/mol. The van der Waals surface area contributed by atoms with Crippen molar-refractivity contribution in [3.05, 3.63) is 21.7 Å². The molecule has 1 unspecified atom stereocenters. The summed E-state index contributed by atoms with van der Waals surface area (Å²) in [5.41, 5.74) is 0.0714. The standard InChI is InChI=1S/C11H16ClN3O/c1-11(2)4-3-7(5-11)15-9-8(12)10(16)14-6-13-9/h6-7H,3-5H2,1-2H3,(H2,13,14,15,16). The van der Waals surface area contributed by atoms with Crippen LogP contribution in [0.15, 0.2) is 11.1 Å². The molecule has 1 aliphatic carbocycles. The van der Waals surface area contributed by atoms with E-state index < -0.39 is 0 Å². The van der Waals surface area contributed by atoms with Crippen LogP contribution < -0.4 is 10.9 Å². The number of nitrogens with one attached hydrogen (secondary N) is 2. The Bertz CT molecular complexity index is 441. The molecule has 0 bridgehead atoms. The van der Waals surface area contributed by atoms with Gasteiger partial charge in [0.25, 0.3) is 5.56 Å². The molecule has 1 saturated carbocycles. The van der Waals surface area contributed by atoms with Crippen LogP contribution in [0.3, 0.4) is 0 Å². The van der Waals surface area contributed by atoms with E-state index in [1.54, 1.807) is 0 Å². The molecule has 1 aromatic heterocycles. The predicted molar refractivity (Wildman–Crippen MR) is 64.9 cm³/mol. The molecular formula is C11H16ClN3O. The first-order chi connectivity index (χ1) is 7.48. The molecule has 5 heteroatoms. The second-order valence-electron chi connectivity index (χ2n) is 5.14. The predicted octanol–water partition coefficient (Wildman–Crippen LogP) is 2.41. The van der Waals surface area contributed by atoms with Gasteiger partial charge in [0.05, 0.1) is 6.33 Å². The van der Waals surface area contributed by atoms with Crippen LogP contribution in [0, 0.1) is 5.41 Å². The average molecular weight is 242 g/mol. The van der Waals surface area contributed by atoms with Gasteiger partial charge in [-0.1, -0.05) is 25.4 Å². The highest BCUT2D eigenvalue weighted by molar-refractivity contribution is 6.32. The fourth-order valence-electron chi connectivity index (χ4n) is 2.24. The summed E-state index contributed by atoms with van der Waals surface area (Å²) in [4.78, 5) is 17.8. The van der Waals surface area contributed by atoms with E-state index >= 15 is 0 Å². The number of nitrogens with zero attached hydrogens (tertiary/aromatic N) is 1. The maximum absolute atomic E-state index is 11.3. The second-order valence-corrected chi connectivity index (χ2v) is 5.52. The van der Waals surface area contributed by atoms with Crippen LogP contribution in [0.2, 0.25) is 5.02 Å². The largest absolute Gasteiger partial charge is 0.366 e. The van der Waals surface area contributed by atoms with E-state index in [0.29, 0.717) is 17.3 Å². The molecule has 2 rings (SSSR count). The van der Waals surface area contributed by atoms with Crippen LogP contribution in [0.5, 0.6) is 0 Å². The lowest BCUT2D eigenvalue weighted by Gasteiger charge is -2.18. The highest BCUT2D eigenvalue weighted by Crippen LogP contribution is 2.38. The van der Waals surface area contributed by atoms with Crippen molar-refractivity contribution in [1.82, 2.24) is 9.97 Å². The smallest absolute Gasteiger partial charge is 0.271 e. The van der Waals surface area contributed by atoms with Gasteiger partial charge in [-0.05, 0) is 24.7 Å². The van der Waals surface area contributed by atoms with E-state index in [1.807, 2.05) is 0 Å². The van der Waals surface area contributed by atoms with Crippen molar-refractivity contribution in [3.63, 3.8) is 0 Å². The Balaban J connectivity index is 2.11. The Labute approximate surface area is 99.4 Å². The first-order valence-electron chi connectivity index (χ1n) is 5.48. The lowest BCUT2D eigenvalue weighted by atomic mass is 9.92. The van der Waals surface area contributed by atoms with Gasteiger partial charge in [-0.2, -0.15) is 0 Å². The quantitative estimate of drug-likeness (QED) is 0.836. The summed E-state index contributed by atoms with van der Waals surface area (Å²) in [6.07, 6.45) is 4.73. The fourth-order valence-corrected chi connectivity index (χ4v) is 2.39. The minimum absolute atomic E-state index is 0.146. The molecule has 1 aromatic rings. The Morgan fingerprint density at radius 3 is 3.00 bits per heavy atom. The summed E-state index contributed by atoms with van der Waals surface area (Å²) in [5, 5.41) is 3.39. The van der Waals surface area contributed by atoms with Gasteiger partial charge in [0.15, 0.2) is 5.82 Å². The maximum Gasteiger partial charge on any atom is 0.271 e. The van der Waals surface area contributed by atoms with Crippen LogP contribution >= 0.6 is 11.6 Å². The molecule has 1 fully saturated rings. The van der Waals surface area contributed by atoms with Crippen molar-refractivity contribution in [2.45, 2.75) is 39.2 Å². The summed E-state index contributed by atoms with van der Waals surface area (Å²) >= 11 is 5.87. The Morgan fingerprint density at radius 1 is 1.62 bits per heavy atom. The molecule has 1 atom stereocenters. The first kappa shape index (κ1) is 11.5. The first-order valence-corrected chi connectivity index (χ1v) is 5.85. The molecule has 1 heterocycles. The number of hydrogen-bond donors (Lipinski definition) is 2. The third-order valence-corrected chi connectivity index (χ3v) is 3.46. The lowest BCUT2D eigenvalue weighted by molar-refractivity contribution is 0.378. The van der Waals surface area contributed by atoms with E-state index in [4.69, 9.17) is 11.6 Å². The Hall–Kier alpha value is -1.03. The van der Waals surface area contributed by atoms with E-state index in [2.05, 4.69) is 29.1 Å². The van der Waals surface area contributed by atoms with Gasteiger partial charge in [-0.3, -0.25) is 4.79 Å². The molecule has 4 nitrogen and oxygen atoms in total. The third-order valence-electron chi connectivity index (χ3n) is 3.11. The maximum atomic E-state index is 11.3. The van der Waals surface area contributed by atoms with E-state index in [9.17, 15) is 4.79 Å². The molecule has 88 valence electrons. The fraction of sp³-hybridized carbons (Fsp3) is 0.636. The van der Waals surface area contributed by atoms with Crippen LogP contribution in [-0.2, 0) is 0 Å². The highest BCUT2D eigenvalue weighted by Gasteiger charge is 2.31. The number of aromatic nitrogens is 2. The number of hydrogen-bond acceptors (Lipinski definition) is 3. The number of H-pyrrole nitrogens is 1. The second kappa shape index (κ2) is 4.09. The van der Waals surface area contributed by atoms with E-state index in [0.717, 1.165) is 12.8 Å². The molecule has 16 heavy (non-hydrogen) atoms. The summed E-state index contributed by atoms with van der Waals surface area (Å²) in [6, 6.07) is 0.363. The van der Waals surface area contributed by atoms with Crippen molar-refractivity contribution < 1.29 is 0 Å². The molecule has 0 aliphatic heterocycles. The van der Waals surface area contributed by atoms with Crippen LogP contribution in [0.25, 0.3) is 0 Å². The zero-order valence-electron chi connectivity index (χ0n) is 9.51. The number of rotatable bonds is 2. The molecule has 1 aliphatic rings. The van der Waals surface area contributed by atoms with Crippen LogP contribution in [-0.4, -0.2) is 16.0 Å². The van der Waals surface area contributed by atoms with Crippen molar-refractivity contribution in [3.8, 4) is 0 Å². The number of aromatic amines is 1. The highest BCUT2D eigenvalue weighted by atomic mass is 35.5. The van der Waals surface area contributed by atoms with Gasteiger partial charge < -0.3 is 10.3 Å². The SMILES string of the molecule is CC1(C)CCC(Nc2nc[nH]c(=O)c2Cl)C1. The molecule has 0 amide bonds. The minimum Gasteiger partial charge on any atom is -0.366 e. The van der Waals surface area contributed by atoms with Crippen molar-refractivity contribution in [2.75, 3.05) is 5.32 Å². The van der Waals surface area contributed by atoms with Gasteiger partial charge in [0.1, 0.15) is 5.02 Å². The van der Waals surface area contributed by atoms with Crippen molar-refractivity contribution in [1.29, 1.82) is 0 Å². The zero-order chi connectivity index (χ0) is 11.8. The Morgan fingerprint density at radius 2 is 2.38 bits per heavy atom. The molecule has 0 aromatic carbocycles. The summed E-state index contributed by atoms with van der Waals surface area (Å²) in [6.45, 7) is 4.50. The van der Waals surface area contributed by atoms with Crippen molar-refractivity contribution in [2.24, 2.45) is 5.41 Å². The van der Waals surface area contributed by atoms with Gasteiger partial charge in [0, 0.05) is 6.04 Å². The normalized spacial score (nSPS) is 23.3. The number of halogens is 1. The third kappa shape index (κ3) is 2.38. The molecule has 0 saturated heterocycles. The molecule has 0 spiro atoms. The van der Waals surface area contributed by atoms with Crippen LogP contribution in [0.4, 0.5) is 5.82 Å².